The Morgan fingerprint density at radius 3 is 2.12 bits per heavy atom. The predicted octanol–water partition coefficient (Wildman–Crippen LogP) is 4.02. The standard InChI is InChI=1S/C14H26N2S/c1-8-14(9(2)3,16-10(4)5)13-15-11(6)12(7)17-13/h9-10,16H,8H2,1-7H3. The molecule has 1 aromatic heterocycles. The summed E-state index contributed by atoms with van der Waals surface area (Å²) in [6.45, 7) is 15.5. The van der Waals surface area contributed by atoms with Crippen LogP contribution in [0.3, 0.4) is 0 Å². The summed E-state index contributed by atoms with van der Waals surface area (Å²) >= 11 is 1.84. The number of hydrogen-bond acceptors (Lipinski definition) is 3. The van der Waals surface area contributed by atoms with E-state index in [1.54, 1.807) is 0 Å². The molecule has 0 aliphatic heterocycles. The van der Waals surface area contributed by atoms with E-state index in [0.29, 0.717) is 12.0 Å². The van der Waals surface area contributed by atoms with Gasteiger partial charge in [0.2, 0.25) is 0 Å². The van der Waals surface area contributed by atoms with Crippen molar-refractivity contribution in [3.8, 4) is 0 Å². The molecular weight excluding hydrogens is 228 g/mol. The molecule has 0 aliphatic carbocycles. The molecule has 0 saturated heterocycles. The van der Waals surface area contributed by atoms with Gasteiger partial charge >= 0.3 is 0 Å². The van der Waals surface area contributed by atoms with Gasteiger partial charge in [-0.1, -0.05) is 20.8 Å². The zero-order valence-corrected chi connectivity index (χ0v) is 13.0. The summed E-state index contributed by atoms with van der Waals surface area (Å²) in [4.78, 5) is 6.12. The van der Waals surface area contributed by atoms with Crippen molar-refractivity contribution in [2.75, 3.05) is 0 Å². The molecule has 3 heteroatoms. The van der Waals surface area contributed by atoms with Gasteiger partial charge in [-0.2, -0.15) is 0 Å². The molecule has 1 rings (SSSR count). The fraction of sp³-hybridized carbons (Fsp3) is 0.786. The van der Waals surface area contributed by atoms with E-state index in [1.165, 1.54) is 15.6 Å². The molecule has 1 heterocycles. The molecular formula is C14H26N2S. The first-order chi connectivity index (χ1) is 7.83. The molecule has 0 radical (unpaired) electrons. The number of nitrogens with zero attached hydrogens (tertiary/aromatic N) is 1. The molecule has 0 aromatic carbocycles. The molecule has 1 aromatic rings. The topological polar surface area (TPSA) is 24.9 Å². The minimum atomic E-state index is 0.0256. The van der Waals surface area contributed by atoms with Crippen LogP contribution in [0.15, 0.2) is 0 Å². The summed E-state index contributed by atoms with van der Waals surface area (Å²) in [7, 11) is 0. The van der Waals surface area contributed by atoms with Crippen LogP contribution in [0.5, 0.6) is 0 Å². The average Bonchev–Trinajstić information content (AvgIpc) is 2.55. The molecule has 0 spiro atoms. The lowest BCUT2D eigenvalue weighted by Crippen LogP contribution is -2.49. The maximum Gasteiger partial charge on any atom is 0.113 e. The van der Waals surface area contributed by atoms with Crippen molar-refractivity contribution in [3.63, 3.8) is 0 Å². The molecule has 0 aliphatic rings. The van der Waals surface area contributed by atoms with Crippen LogP contribution in [0.1, 0.15) is 56.6 Å². The fourth-order valence-electron chi connectivity index (χ4n) is 2.32. The van der Waals surface area contributed by atoms with E-state index < -0.39 is 0 Å². The highest BCUT2D eigenvalue weighted by Crippen LogP contribution is 2.37. The van der Waals surface area contributed by atoms with Gasteiger partial charge in [-0.15, -0.1) is 11.3 Å². The molecule has 0 fully saturated rings. The summed E-state index contributed by atoms with van der Waals surface area (Å²) in [6, 6.07) is 0.474. The largest absolute Gasteiger partial charge is 0.303 e. The third-order valence-electron chi connectivity index (χ3n) is 3.50. The maximum absolute atomic E-state index is 4.78. The summed E-state index contributed by atoms with van der Waals surface area (Å²) < 4.78 is 0. The van der Waals surface area contributed by atoms with E-state index in [-0.39, 0.29) is 5.54 Å². The molecule has 1 atom stereocenters. The summed E-state index contributed by atoms with van der Waals surface area (Å²) in [5.41, 5.74) is 1.20. The van der Waals surface area contributed by atoms with E-state index in [2.05, 4.69) is 53.8 Å². The van der Waals surface area contributed by atoms with E-state index in [9.17, 15) is 0 Å². The molecule has 98 valence electrons. The van der Waals surface area contributed by atoms with Crippen LogP contribution in [0.25, 0.3) is 0 Å². The summed E-state index contributed by atoms with van der Waals surface area (Å²) in [5, 5.41) is 5.00. The van der Waals surface area contributed by atoms with Crippen LogP contribution in [0, 0.1) is 19.8 Å². The van der Waals surface area contributed by atoms with Crippen LogP contribution in [0.4, 0.5) is 0 Å². The zero-order valence-electron chi connectivity index (χ0n) is 12.2. The highest BCUT2D eigenvalue weighted by molar-refractivity contribution is 7.11. The average molecular weight is 254 g/mol. The summed E-state index contributed by atoms with van der Waals surface area (Å²) in [5.74, 6) is 0.542. The normalized spacial score (nSPS) is 15.6. The van der Waals surface area contributed by atoms with Crippen molar-refractivity contribution in [1.82, 2.24) is 10.3 Å². The molecule has 1 N–H and O–H groups in total. The Hall–Kier alpha value is -0.410. The van der Waals surface area contributed by atoms with E-state index in [4.69, 9.17) is 4.98 Å². The summed E-state index contributed by atoms with van der Waals surface area (Å²) in [6.07, 6.45) is 1.08. The van der Waals surface area contributed by atoms with Crippen molar-refractivity contribution in [1.29, 1.82) is 0 Å². The van der Waals surface area contributed by atoms with Gasteiger partial charge in [0.25, 0.3) is 0 Å². The first kappa shape index (κ1) is 14.7. The SMILES string of the molecule is CCC(NC(C)C)(c1nc(C)c(C)s1)C(C)C. The van der Waals surface area contributed by atoms with E-state index in [0.717, 1.165) is 6.42 Å². The van der Waals surface area contributed by atoms with Gasteiger partial charge in [0, 0.05) is 10.9 Å². The molecule has 0 amide bonds. The van der Waals surface area contributed by atoms with Crippen LogP contribution in [0.2, 0.25) is 0 Å². The van der Waals surface area contributed by atoms with Crippen molar-refractivity contribution < 1.29 is 0 Å². The van der Waals surface area contributed by atoms with Crippen molar-refractivity contribution in [2.45, 2.75) is 66.5 Å². The second-order valence-corrected chi connectivity index (χ2v) is 6.64. The number of aryl methyl sites for hydroxylation is 2. The predicted molar refractivity (Wildman–Crippen MR) is 76.7 cm³/mol. The number of rotatable bonds is 5. The van der Waals surface area contributed by atoms with Crippen LogP contribution in [-0.2, 0) is 5.54 Å². The van der Waals surface area contributed by atoms with Crippen LogP contribution >= 0.6 is 11.3 Å². The highest BCUT2D eigenvalue weighted by atomic mass is 32.1. The second-order valence-electron chi connectivity index (χ2n) is 5.44. The van der Waals surface area contributed by atoms with Gasteiger partial charge in [0.05, 0.1) is 11.2 Å². The maximum atomic E-state index is 4.78. The Morgan fingerprint density at radius 1 is 1.24 bits per heavy atom. The Balaban J connectivity index is 3.21. The van der Waals surface area contributed by atoms with Crippen molar-refractivity contribution in [3.05, 3.63) is 15.6 Å². The minimum Gasteiger partial charge on any atom is -0.303 e. The van der Waals surface area contributed by atoms with E-state index in [1.807, 2.05) is 11.3 Å². The lowest BCUT2D eigenvalue weighted by molar-refractivity contribution is 0.210. The minimum absolute atomic E-state index is 0.0256. The molecule has 2 nitrogen and oxygen atoms in total. The zero-order chi connectivity index (χ0) is 13.2. The highest BCUT2D eigenvalue weighted by Gasteiger charge is 2.37. The van der Waals surface area contributed by atoms with Gasteiger partial charge in [-0.25, -0.2) is 4.98 Å². The smallest absolute Gasteiger partial charge is 0.113 e. The quantitative estimate of drug-likeness (QED) is 0.858. The van der Waals surface area contributed by atoms with Crippen LogP contribution in [-0.4, -0.2) is 11.0 Å². The molecule has 1 unspecified atom stereocenters. The Labute approximate surface area is 110 Å². The lowest BCUT2D eigenvalue weighted by atomic mass is 9.83. The molecule has 0 saturated carbocycles. The number of aromatic nitrogens is 1. The number of thiazole rings is 1. The molecule has 17 heavy (non-hydrogen) atoms. The van der Waals surface area contributed by atoms with Crippen molar-refractivity contribution in [2.24, 2.45) is 5.92 Å². The van der Waals surface area contributed by atoms with Crippen molar-refractivity contribution >= 4 is 11.3 Å². The molecule has 0 bridgehead atoms. The third kappa shape index (κ3) is 2.89. The number of nitrogens with one attached hydrogen (secondary N) is 1. The second kappa shape index (κ2) is 5.49. The number of hydrogen-bond donors (Lipinski definition) is 1. The van der Waals surface area contributed by atoms with Gasteiger partial charge in [-0.05, 0) is 40.0 Å². The Morgan fingerprint density at radius 2 is 1.82 bits per heavy atom. The fourth-order valence-corrected chi connectivity index (χ4v) is 3.60. The Kier molecular flexibility index (Phi) is 4.73. The van der Waals surface area contributed by atoms with Gasteiger partial charge in [0.15, 0.2) is 0 Å². The lowest BCUT2D eigenvalue weighted by Gasteiger charge is -2.38. The van der Waals surface area contributed by atoms with Crippen LogP contribution < -0.4 is 5.32 Å². The monoisotopic (exact) mass is 254 g/mol. The van der Waals surface area contributed by atoms with Gasteiger partial charge in [0.1, 0.15) is 5.01 Å². The Bertz CT molecular complexity index is 349. The first-order valence-corrected chi connectivity index (χ1v) is 7.37. The third-order valence-corrected chi connectivity index (χ3v) is 4.75. The first-order valence-electron chi connectivity index (χ1n) is 6.55. The van der Waals surface area contributed by atoms with E-state index >= 15 is 0 Å². The van der Waals surface area contributed by atoms with Gasteiger partial charge in [-0.3, -0.25) is 0 Å². The van der Waals surface area contributed by atoms with Gasteiger partial charge < -0.3 is 5.32 Å².